The third kappa shape index (κ3) is 1.83. The molecule has 0 spiro atoms. The van der Waals surface area contributed by atoms with Gasteiger partial charge in [0.25, 0.3) is 0 Å². The Morgan fingerprint density at radius 3 is 2.65 bits per heavy atom. The van der Waals surface area contributed by atoms with Crippen LogP contribution in [0.1, 0.15) is 11.1 Å². The highest BCUT2D eigenvalue weighted by Crippen LogP contribution is 2.28. The molecule has 3 heteroatoms. The van der Waals surface area contributed by atoms with Crippen LogP contribution in [-0.2, 0) is 13.0 Å². The van der Waals surface area contributed by atoms with E-state index in [1.807, 2.05) is 12.3 Å². The Bertz CT molecular complexity index is 762. The quantitative estimate of drug-likeness (QED) is 0.673. The lowest BCUT2D eigenvalue weighted by Crippen LogP contribution is -2.31. The molecule has 3 nitrogen and oxygen atoms in total. The van der Waals surface area contributed by atoms with Gasteiger partial charge in [0.2, 0.25) is 0 Å². The first-order valence-electron chi connectivity index (χ1n) is 6.94. The Labute approximate surface area is 117 Å². The van der Waals surface area contributed by atoms with Crippen molar-refractivity contribution in [3.05, 3.63) is 65.9 Å². The molecule has 4 rings (SSSR count). The lowest BCUT2D eigenvalue weighted by molar-refractivity contribution is 0.717. The lowest BCUT2D eigenvalue weighted by Gasteiger charge is -2.30. The van der Waals surface area contributed by atoms with E-state index in [0.29, 0.717) is 0 Å². The fourth-order valence-electron chi connectivity index (χ4n) is 2.92. The van der Waals surface area contributed by atoms with Gasteiger partial charge in [0.1, 0.15) is 0 Å². The van der Waals surface area contributed by atoms with E-state index >= 15 is 0 Å². The molecule has 2 heterocycles. The van der Waals surface area contributed by atoms with Crippen molar-refractivity contribution >= 4 is 16.6 Å². The minimum atomic E-state index is 0.916. The van der Waals surface area contributed by atoms with Crippen molar-refractivity contribution in [2.75, 3.05) is 11.4 Å². The zero-order valence-electron chi connectivity index (χ0n) is 11.2. The van der Waals surface area contributed by atoms with E-state index in [1.54, 1.807) is 0 Å². The normalized spacial score (nSPS) is 14.3. The summed E-state index contributed by atoms with van der Waals surface area (Å²) in [6.07, 6.45) is 2.90. The summed E-state index contributed by atoms with van der Waals surface area (Å²) in [5, 5.41) is 10.9. The minimum Gasteiger partial charge on any atom is -0.350 e. The number of nitrogens with zero attached hydrogens (tertiary/aromatic N) is 3. The first kappa shape index (κ1) is 11.4. The van der Waals surface area contributed by atoms with E-state index in [4.69, 9.17) is 0 Å². The Hall–Kier alpha value is -2.42. The molecular formula is C17H15N3. The van der Waals surface area contributed by atoms with Crippen LogP contribution in [0, 0.1) is 0 Å². The summed E-state index contributed by atoms with van der Waals surface area (Å²) < 4.78 is 0. The van der Waals surface area contributed by atoms with Gasteiger partial charge < -0.3 is 4.90 Å². The van der Waals surface area contributed by atoms with Crippen LogP contribution in [0.15, 0.2) is 54.7 Å². The van der Waals surface area contributed by atoms with Crippen LogP contribution in [0.25, 0.3) is 10.8 Å². The predicted molar refractivity (Wildman–Crippen MR) is 80.7 cm³/mol. The van der Waals surface area contributed by atoms with Crippen molar-refractivity contribution in [2.24, 2.45) is 0 Å². The van der Waals surface area contributed by atoms with Crippen molar-refractivity contribution in [3.8, 4) is 0 Å². The van der Waals surface area contributed by atoms with Gasteiger partial charge in [0, 0.05) is 23.9 Å². The highest BCUT2D eigenvalue weighted by molar-refractivity contribution is 5.91. The summed E-state index contributed by atoms with van der Waals surface area (Å²) in [7, 11) is 0. The largest absolute Gasteiger partial charge is 0.350 e. The van der Waals surface area contributed by atoms with Crippen molar-refractivity contribution in [2.45, 2.75) is 13.0 Å². The van der Waals surface area contributed by atoms with Crippen LogP contribution >= 0.6 is 0 Å². The molecule has 2 aromatic carbocycles. The molecule has 0 aliphatic carbocycles. The molecular weight excluding hydrogens is 246 g/mol. The van der Waals surface area contributed by atoms with Crippen molar-refractivity contribution < 1.29 is 0 Å². The van der Waals surface area contributed by atoms with Crippen LogP contribution < -0.4 is 4.90 Å². The van der Waals surface area contributed by atoms with Gasteiger partial charge >= 0.3 is 0 Å². The molecule has 0 radical (unpaired) electrons. The van der Waals surface area contributed by atoms with Gasteiger partial charge in [0.05, 0.1) is 6.20 Å². The first-order chi connectivity index (χ1) is 9.92. The summed E-state index contributed by atoms with van der Waals surface area (Å²) in [6.45, 7) is 1.92. The van der Waals surface area contributed by atoms with Crippen molar-refractivity contribution in [1.29, 1.82) is 0 Å². The van der Waals surface area contributed by atoms with Gasteiger partial charge in [-0.15, -0.1) is 5.10 Å². The van der Waals surface area contributed by atoms with Crippen molar-refractivity contribution in [3.63, 3.8) is 0 Å². The van der Waals surface area contributed by atoms with Crippen molar-refractivity contribution in [1.82, 2.24) is 10.2 Å². The van der Waals surface area contributed by atoms with Gasteiger partial charge in [0.15, 0.2) is 5.82 Å². The molecule has 0 unspecified atom stereocenters. The van der Waals surface area contributed by atoms with Gasteiger partial charge in [-0.25, -0.2) is 0 Å². The number of hydrogen-bond acceptors (Lipinski definition) is 3. The number of benzene rings is 2. The van der Waals surface area contributed by atoms with E-state index in [0.717, 1.165) is 30.7 Å². The zero-order chi connectivity index (χ0) is 13.4. The van der Waals surface area contributed by atoms with Crippen LogP contribution in [0.5, 0.6) is 0 Å². The fraction of sp³-hybridized carbons (Fsp3) is 0.176. The average Bonchev–Trinajstić information content (AvgIpc) is 2.54. The Kier molecular flexibility index (Phi) is 2.62. The average molecular weight is 261 g/mol. The second-order valence-electron chi connectivity index (χ2n) is 5.20. The Balaban J connectivity index is 1.78. The highest BCUT2D eigenvalue weighted by Gasteiger charge is 2.18. The van der Waals surface area contributed by atoms with Crippen LogP contribution in [0.3, 0.4) is 0 Å². The maximum atomic E-state index is 4.38. The second-order valence-corrected chi connectivity index (χ2v) is 5.20. The first-order valence-corrected chi connectivity index (χ1v) is 6.94. The maximum Gasteiger partial charge on any atom is 0.159 e. The number of aromatic nitrogens is 2. The molecule has 0 N–H and O–H groups in total. The van der Waals surface area contributed by atoms with Gasteiger partial charge in [-0.2, -0.15) is 5.10 Å². The predicted octanol–water partition coefficient (Wildman–Crippen LogP) is 3.19. The molecule has 20 heavy (non-hydrogen) atoms. The second kappa shape index (κ2) is 4.60. The maximum absolute atomic E-state index is 4.38. The number of rotatable bonds is 1. The Morgan fingerprint density at radius 1 is 0.900 bits per heavy atom. The van der Waals surface area contributed by atoms with E-state index in [1.165, 1.54) is 16.5 Å². The third-order valence-corrected chi connectivity index (χ3v) is 3.98. The van der Waals surface area contributed by atoms with Gasteiger partial charge in [-0.3, -0.25) is 0 Å². The summed E-state index contributed by atoms with van der Waals surface area (Å²) in [4.78, 5) is 2.33. The SMILES string of the molecule is c1ccc2c(c1)CCN(c1nncc3ccccc13)C2. The van der Waals surface area contributed by atoms with E-state index < -0.39 is 0 Å². The van der Waals surface area contributed by atoms with Crippen LogP contribution in [0.4, 0.5) is 5.82 Å². The number of fused-ring (bicyclic) bond motifs is 2. The minimum absolute atomic E-state index is 0.916. The topological polar surface area (TPSA) is 29.0 Å². The molecule has 0 bridgehead atoms. The zero-order valence-corrected chi connectivity index (χ0v) is 11.2. The summed E-state index contributed by atoms with van der Waals surface area (Å²) in [5.74, 6) is 0.998. The van der Waals surface area contributed by atoms with Gasteiger partial charge in [-0.1, -0.05) is 48.5 Å². The standard InChI is InChI=1S/C17H15N3/c1-2-7-15-12-20(10-9-13(15)5-1)17-16-8-4-3-6-14(16)11-18-19-17/h1-8,11H,9-10,12H2. The molecule has 0 saturated carbocycles. The van der Waals surface area contributed by atoms with E-state index in [9.17, 15) is 0 Å². The van der Waals surface area contributed by atoms with E-state index in [2.05, 4.69) is 57.6 Å². The molecule has 1 aliphatic rings. The van der Waals surface area contributed by atoms with Gasteiger partial charge in [-0.05, 0) is 17.5 Å². The fourth-order valence-corrected chi connectivity index (χ4v) is 2.92. The lowest BCUT2D eigenvalue weighted by atomic mass is 9.99. The highest BCUT2D eigenvalue weighted by atomic mass is 15.3. The molecule has 98 valence electrons. The molecule has 0 fully saturated rings. The molecule has 1 aromatic heterocycles. The molecule has 3 aromatic rings. The summed E-state index contributed by atoms with van der Waals surface area (Å²) in [6, 6.07) is 17.0. The summed E-state index contributed by atoms with van der Waals surface area (Å²) >= 11 is 0. The van der Waals surface area contributed by atoms with E-state index in [-0.39, 0.29) is 0 Å². The Morgan fingerprint density at radius 2 is 1.70 bits per heavy atom. The number of hydrogen-bond donors (Lipinski definition) is 0. The molecule has 0 amide bonds. The molecule has 1 aliphatic heterocycles. The molecule has 0 atom stereocenters. The van der Waals surface area contributed by atoms with Crippen LogP contribution in [0.2, 0.25) is 0 Å². The number of anilines is 1. The monoisotopic (exact) mass is 261 g/mol. The molecule has 0 saturated heterocycles. The smallest absolute Gasteiger partial charge is 0.159 e. The third-order valence-electron chi connectivity index (χ3n) is 3.98. The van der Waals surface area contributed by atoms with Crippen LogP contribution in [-0.4, -0.2) is 16.7 Å². The summed E-state index contributed by atoms with van der Waals surface area (Å²) in [5.41, 5.74) is 2.85.